The van der Waals surface area contributed by atoms with Crippen molar-refractivity contribution in [3.8, 4) is 5.75 Å². The highest BCUT2D eigenvalue weighted by Gasteiger charge is 2.06. The standard InChI is InChI=1S/C14H15N3O3S/c1-20-13-4-2-3-11(9-13)10-16-17-12-5-7-14(8-6-12)21(15,18)19/h2-10,17H,1H3,(H2,15,18,19)/b16-10+. The van der Waals surface area contributed by atoms with Gasteiger partial charge in [-0.3, -0.25) is 5.43 Å². The molecule has 2 rings (SSSR count). The number of benzene rings is 2. The van der Waals surface area contributed by atoms with Crippen LogP contribution in [0.3, 0.4) is 0 Å². The molecule has 0 atom stereocenters. The number of nitrogens with one attached hydrogen (secondary N) is 1. The van der Waals surface area contributed by atoms with Gasteiger partial charge in [0.25, 0.3) is 0 Å². The molecule has 0 aromatic heterocycles. The predicted molar refractivity (Wildman–Crippen MR) is 82.0 cm³/mol. The SMILES string of the molecule is COc1cccc(/C=N/Nc2ccc(S(N)(=O)=O)cc2)c1. The lowest BCUT2D eigenvalue weighted by Crippen LogP contribution is -2.11. The van der Waals surface area contributed by atoms with Gasteiger partial charge in [0.15, 0.2) is 0 Å². The minimum absolute atomic E-state index is 0.0600. The van der Waals surface area contributed by atoms with Crippen LogP contribution in [0.2, 0.25) is 0 Å². The molecule has 0 spiro atoms. The van der Waals surface area contributed by atoms with E-state index in [-0.39, 0.29) is 4.90 Å². The number of nitrogens with two attached hydrogens (primary N) is 1. The van der Waals surface area contributed by atoms with Crippen LogP contribution >= 0.6 is 0 Å². The van der Waals surface area contributed by atoms with E-state index in [1.54, 1.807) is 25.5 Å². The molecule has 0 unspecified atom stereocenters. The van der Waals surface area contributed by atoms with Crippen molar-refractivity contribution in [2.45, 2.75) is 4.90 Å². The Balaban J connectivity index is 2.04. The molecule has 0 saturated heterocycles. The van der Waals surface area contributed by atoms with Crippen molar-refractivity contribution in [3.05, 3.63) is 54.1 Å². The summed E-state index contributed by atoms with van der Waals surface area (Å²) >= 11 is 0. The molecule has 110 valence electrons. The zero-order valence-corrected chi connectivity index (χ0v) is 12.2. The fraction of sp³-hybridized carbons (Fsp3) is 0.0714. The molecular weight excluding hydrogens is 290 g/mol. The molecular formula is C14H15N3O3S. The number of anilines is 1. The van der Waals surface area contributed by atoms with Crippen LogP contribution in [0, 0.1) is 0 Å². The van der Waals surface area contributed by atoms with Crippen LogP contribution in [0.5, 0.6) is 5.75 Å². The highest BCUT2D eigenvalue weighted by Crippen LogP contribution is 2.13. The van der Waals surface area contributed by atoms with Crippen LogP contribution < -0.4 is 15.3 Å². The first-order valence-electron chi connectivity index (χ1n) is 6.05. The van der Waals surface area contributed by atoms with E-state index in [9.17, 15) is 8.42 Å². The topological polar surface area (TPSA) is 93.8 Å². The fourth-order valence-electron chi connectivity index (χ4n) is 1.62. The molecule has 3 N–H and O–H groups in total. The Hall–Kier alpha value is -2.38. The van der Waals surface area contributed by atoms with Gasteiger partial charge in [0.05, 0.1) is 23.9 Å². The highest BCUT2D eigenvalue weighted by molar-refractivity contribution is 7.89. The van der Waals surface area contributed by atoms with E-state index in [1.165, 1.54) is 12.1 Å². The summed E-state index contributed by atoms with van der Waals surface area (Å²) in [4.78, 5) is 0.0600. The number of sulfonamides is 1. The molecule has 0 fully saturated rings. The third-order valence-electron chi connectivity index (χ3n) is 2.68. The Morgan fingerprint density at radius 3 is 2.52 bits per heavy atom. The van der Waals surface area contributed by atoms with Crippen molar-refractivity contribution in [1.29, 1.82) is 0 Å². The quantitative estimate of drug-likeness (QED) is 0.650. The van der Waals surface area contributed by atoms with Crippen LogP contribution in [0.15, 0.2) is 58.5 Å². The molecule has 6 nitrogen and oxygen atoms in total. The van der Waals surface area contributed by atoms with Gasteiger partial charge in [-0.2, -0.15) is 5.10 Å². The van der Waals surface area contributed by atoms with Gasteiger partial charge in [-0.05, 0) is 42.0 Å². The summed E-state index contributed by atoms with van der Waals surface area (Å²) in [7, 11) is -2.07. The minimum Gasteiger partial charge on any atom is -0.497 e. The first kappa shape index (κ1) is 15.0. The average molecular weight is 305 g/mol. The van der Waals surface area contributed by atoms with Gasteiger partial charge in [0, 0.05) is 0 Å². The molecule has 0 aliphatic heterocycles. The number of hydrogen-bond donors (Lipinski definition) is 2. The van der Waals surface area contributed by atoms with Crippen LogP contribution in [-0.2, 0) is 10.0 Å². The second kappa shape index (κ2) is 6.38. The van der Waals surface area contributed by atoms with Gasteiger partial charge in [-0.1, -0.05) is 12.1 Å². The van der Waals surface area contributed by atoms with E-state index >= 15 is 0 Å². The summed E-state index contributed by atoms with van der Waals surface area (Å²) in [5, 5.41) is 9.09. The number of ether oxygens (including phenoxy) is 1. The molecule has 0 aliphatic rings. The highest BCUT2D eigenvalue weighted by atomic mass is 32.2. The average Bonchev–Trinajstić information content (AvgIpc) is 2.47. The molecule has 0 radical (unpaired) electrons. The number of methoxy groups -OCH3 is 1. The van der Waals surface area contributed by atoms with E-state index in [1.807, 2.05) is 24.3 Å². The number of primary sulfonamides is 1. The summed E-state index contributed by atoms with van der Waals surface area (Å²) in [5.41, 5.74) is 4.33. The van der Waals surface area contributed by atoms with E-state index in [4.69, 9.17) is 9.88 Å². The molecule has 2 aromatic rings. The van der Waals surface area contributed by atoms with Crippen LogP contribution in [-0.4, -0.2) is 21.7 Å². The van der Waals surface area contributed by atoms with E-state index in [0.717, 1.165) is 11.3 Å². The van der Waals surface area contributed by atoms with Gasteiger partial charge in [0.1, 0.15) is 5.75 Å². The van der Waals surface area contributed by atoms with Gasteiger partial charge < -0.3 is 4.74 Å². The maximum absolute atomic E-state index is 11.1. The Kier molecular flexibility index (Phi) is 4.56. The monoisotopic (exact) mass is 305 g/mol. The fourth-order valence-corrected chi connectivity index (χ4v) is 2.14. The van der Waals surface area contributed by atoms with Crippen molar-refractivity contribution < 1.29 is 13.2 Å². The molecule has 7 heteroatoms. The van der Waals surface area contributed by atoms with Gasteiger partial charge >= 0.3 is 0 Å². The number of hydrazone groups is 1. The molecule has 0 aliphatic carbocycles. The maximum atomic E-state index is 11.1. The Morgan fingerprint density at radius 2 is 1.90 bits per heavy atom. The summed E-state index contributed by atoms with van der Waals surface area (Å²) in [6.07, 6.45) is 1.64. The molecule has 0 heterocycles. The van der Waals surface area contributed by atoms with E-state index < -0.39 is 10.0 Å². The second-order valence-electron chi connectivity index (χ2n) is 4.22. The number of nitrogens with zero attached hydrogens (tertiary/aromatic N) is 1. The lowest BCUT2D eigenvalue weighted by atomic mass is 10.2. The molecule has 21 heavy (non-hydrogen) atoms. The first-order chi connectivity index (χ1) is 9.99. The largest absolute Gasteiger partial charge is 0.497 e. The Bertz CT molecular complexity index is 740. The predicted octanol–water partition coefficient (Wildman–Crippen LogP) is 1.79. The molecule has 2 aromatic carbocycles. The van der Waals surface area contributed by atoms with Crippen LogP contribution in [0.25, 0.3) is 0 Å². The maximum Gasteiger partial charge on any atom is 0.238 e. The minimum atomic E-state index is -3.67. The summed E-state index contributed by atoms with van der Waals surface area (Å²) in [6.45, 7) is 0. The van der Waals surface area contributed by atoms with Crippen molar-refractivity contribution in [3.63, 3.8) is 0 Å². The van der Waals surface area contributed by atoms with Crippen LogP contribution in [0.4, 0.5) is 5.69 Å². The van der Waals surface area contributed by atoms with Crippen molar-refractivity contribution in [2.24, 2.45) is 10.2 Å². The third-order valence-corrected chi connectivity index (χ3v) is 3.61. The Morgan fingerprint density at radius 1 is 1.19 bits per heavy atom. The first-order valence-corrected chi connectivity index (χ1v) is 7.60. The zero-order valence-electron chi connectivity index (χ0n) is 11.4. The van der Waals surface area contributed by atoms with Crippen LogP contribution in [0.1, 0.15) is 5.56 Å². The van der Waals surface area contributed by atoms with E-state index in [0.29, 0.717) is 5.69 Å². The lowest BCUT2D eigenvalue weighted by Gasteiger charge is -2.02. The zero-order chi connectivity index (χ0) is 15.3. The smallest absolute Gasteiger partial charge is 0.238 e. The molecule has 0 amide bonds. The van der Waals surface area contributed by atoms with Gasteiger partial charge in [-0.25, -0.2) is 13.6 Å². The Labute approximate surface area is 123 Å². The van der Waals surface area contributed by atoms with E-state index in [2.05, 4.69) is 10.5 Å². The van der Waals surface area contributed by atoms with Gasteiger partial charge in [-0.15, -0.1) is 0 Å². The van der Waals surface area contributed by atoms with Gasteiger partial charge in [0.2, 0.25) is 10.0 Å². The summed E-state index contributed by atoms with van der Waals surface area (Å²) < 4.78 is 27.4. The number of rotatable bonds is 5. The number of hydrogen-bond acceptors (Lipinski definition) is 5. The lowest BCUT2D eigenvalue weighted by molar-refractivity contribution is 0.415. The normalized spacial score (nSPS) is 11.5. The molecule has 0 saturated carbocycles. The van der Waals surface area contributed by atoms with Crippen molar-refractivity contribution >= 4 is 21.9 Å². The third kappa shape index (κ3) is 4.30. The summed E-state index contributed by atoms with van der Waals surface area (Å²) in [5.74, 6) is 0.747. The summed E-state index contributed by atoms with van der Waals surface area (Å²) in [6, 6.07) is 13.4. The van der Waals surface area contributed by atoms with Crippen molar-refractivity contribution in [1.82, 2.24) is 0 Å². The van der Waals surface area contributed by atoms with Crippen molar-refractivity contribution in [2.75, 3.05) is 12.5 Å². The molecule has 0 bridgehead atoms. The second-order valence-corrected chi connectivity index (χ2v) is 5.78.